The zero-order valence-electron chi connectivity index (χ0n) is 16.0. The predicted molar refractivity (Wildman–Crippen MR) is 103 cm³/mol. The lowest BCUT2D eigenvalue weighted by molar-refractivity contribution is -0.138. The van der Waals surface area contributed by atoms with Crippen LogP contribution in [0.25, 0.3) is 0 Å². The normalized spacial score (nSPS) is 32.7. The zero-order chi connectivity index (χ0) is 20.1. The molecule has 2 unspecified atom stereocenters. The van der Waals surface area contributed by atoms with Gasteiger partial charge in [0.05, 0.1) is 30.8 Å². The van der Waals surface area contributed by atoms with Crippen molar-refractivity contribution >= 4 is 35.1 Å². The van der Waals surface area contributed by atoms with Gasteiger partial charge >= 0.3 is 11.9 Å². The minimum Gasteiger partial charge on any atom is -0.465 e. The quantitative estimate of drug-likeness (QED) is 0.609. The van der Waals surface area contributed by atoms with Crippen LogP contribution in [0.4, 0.5) is 5.69 Å². The third kappa shape index (κ3) is 3.28. The molecule has 0 saturated heterocycles. The van der Waals surface area contributed by atoms with Crippen LogP contribution in [0.15, 0.2) is 18.2 Å². The van der Waals surface area contributed by atoms with Crippen LogP contribution in [0.5, 0.6) is 0 Å². The fraction of sp³-hybridized carbons (Fsp3) is 0.571. The van der Waals surface area contributed by atoms with Crippen LogP contribution in [0.3, 0.4) is 0 Å². The summed E-state index contributed by atoms with van der Waals surface area (Å²) in [6.07, 6.45) is 5.53. The molecule has 0 heterocycles. The van der Waals surface area contributed by atoms with Crippen molar-refractivity contribution in [2.75, 3.05) is 19.5 Å². The topological polar surface area (TPSA) is 81.7 Å². The van der Waals surface area contributed by atoms with Crippen LogP contribution in [0, 0.1) is 17.3 Å². The smallest absolute Gasteiger partial charge is 0.337 e. The molecule has 1 N–H and O–H groups in total. The molecule has 150 valence electrons. The van der Waals surface area contributed by atoms with E-state index in [2.05, 4.69) is 5.32 Å². The maximum atomic E-state index is 13.3. The Balaban J connectivity index is 1.62. The van der Waals surface area contributed by atoms with Gasteiger partial charge < -0.3 is 14.8 Å². The molecule has 4 bridgehead atoms. The summed E-state index contributed by atoms with van der Waals surface area (Å²) in [5, 5.41) is 2.94. The van der Waals surface area contributed by atoms with E-state index in [-0.39, 0.29) is 21.9 Å². The number of benzene rings is 1. The maximum Gasteiger partial charge on any atom is 0.337 e. The van der Waals surface area contributed by atoms with Crippen molar-refractivity contribution in [2.24, 2.45) is 17.3 Å². The molecule has 1 aromatic carbocycles. The summed E-state index contributed by atoms with van der Waals surface area (Å²) in [5.74, 6) is -0.260. The fourth-order valence-electron chi connectivity index (χ4n) is 5.85. The largest absolute Gasteiger partial charge is 0.465 e. The first kappa shape index (κ1) is 19.2. The highest BCUT2D eigenvalue weighted by atomic mass is 35.5. The molecular formula is C21H24ClNO5. The van der Waals surface area contributed by atoms with Crippen molar-refractivity contribution in [2.45, 2.75) is 43.4 Å². The minimum atomic E-state index is -0.587. The Morgan fingerprint density at radius 2 is 1.50 bits per heavy atom. The molecule has 0 spiro atoms. The first-order valence-corrected chi connectivity index (χ1v) is 9.96. The van der Waals surface area contributed by atoms with E-state index in [1.165, 1.54) is 32.4 Å². The monoisotopic (exact) mass is 405 g/mol. The second-order valence-electron chi connectivity index (χ2n) is 8.63. The van der Waals surface area contributed by atoms with Crippen LogP contribution < -0.4 is 5.32 Å². The molecule has 0 aromatic heterocycles. The highest BCUT2D eigenvalue weighted by Crippen LogP contribution is 2.64. The first-order chi connectivity index (χ1) is 13.3. The van der Waals surface area contributed by atoms with Gasteiger partial charge in [0.25, 0.3) is 0 Å². The van der Waals surface area contributed by atoms with E-state index < -0.39 is 17.4 Å². The summed E-state index contributed by atoms with van der Waals surface area (Å²) in [7, 11) is 2.53. The molecule has 1 amide bonds. The number of ether oxygens (including phenoxy) is 2. The molecule has 2 atom stereocenters. The van der Waals surface area contributed by atoms with Gasteiger partial charge in [0.2, 0.25) is 5.91 Å². The summed E-state index contributed by atoms with van der Waals surface area (Å²) >= 11 is 6.84. The highest BCUT2D eigenvalue weighted by Gasteiger charge is 2.60. The van der Waals surface area contributed by atoms with Crippen molar-refractivity contribution in [1.29, 1.82) is 0 Å². The Bertz CT molecular complexity index is 803. The number of carbonyl (C=O) groups is 3. The van der Waals surface area contributed by atoms with Crippen molar-refractivity contribution in [1.82, 2.24) is 0 Å². The summed E-state index contributed by atoms with van der Waals surface area (Å²) < 4.78 is 9.51. The molecular weight excluding hydrogens is 382 g/mol. The van der Waals surface area contributed by atoms with Crippen LogP contribution in [0.1, 0.15) is 59.2 Å². The molecule has 28 heavy (non-hydrogen) atoms. The number of nitrogens with one attached hydrogen (secondary N) is 1. The number of hydrogen-bond acceptors (Lipinski definition) is 5. The zero-order valence-corrected chi connectivity index (χ0v) is 16.8. The van der Waals surface area contributed by atoms with Crippen LogP contribution in [-0.2, 0) is 14.3 Å². The van der Waals surface area contributed by atoms with Crippen molar-refractivity contribution < 1.29 is 23.9 Å². The van der Waals surface area contributed by atoms with Crippen molar-refractivity contribution in [3.63, 3.8) is 0 Å². The number of alkyl halides is 1. The Kier molecular flexibility index (Phi) is 4.65. The molecule has 4 aliphatic carbocycles. The van der Waals surface area contributed by atoms with E-state index in [0.29, 0.717) is 23.9 Å². The Morgan fingerprint density at radius 3 is 1.96 bits per heavy atom. The Hall–Kier alpha value is -2.08. The van der Waals surface area contributed by atoms with Gasteiger partial charge in [-0.05, 0) is 68.6 Å². The minimum absolute atomic E-state index is 0.0792. The summed E-state index contributed by atoms with van der Waals surface area (Å²) in [6.45, 7) is 0. The van der Waals surface area contributed by atoms with E-state index in [4.69, 9.17) is 21.1 Å². The van der Waals surface area contributed by atoms with E-state index in [0.717, 1.165) is 32.1 Å². The number of carbonyl (C=O) groups excluding carboxylic acids is 3. The fourth-order valence-corrected chi connectivity index (χ4v) is 6.54. The summed E-state index contributed by atoms with van der Waals surface area (Å²) in [5.41, 5.74) is 0.270. The molecule has 0 aliphatic heterocycles. The second-order valence-corrected chi connectivity index (χ2v) is 9.43. The second kappa shape index (κ2) is 6.76. The number of halogens is 1. The van der Waals surface area contributed by atoms with Crippen LogP contribution >= 0.6 is 11.6 Å². The predicted octanol–water partition coefficient (Wildman–Crippen LogP) is 3.78. The number of methoxy groups -OCH3 is 2. The van der Waals surface area contributed by atoms with Gasteiger partial charge in [-0.25, -0.2) is 9.59 Å². The third-order valence-electron chi connectivity index (χ3n) is 6.50. The average Bonchev–Trinajstić information content (AvgIpc) is 2.64. The SMILES string of the molecule is COC(=O)c1cc(NC(=O)C23CC4CC(CC(Cl)(C4)C2)C3)cc(C(=O)OC)c1. The van der Waals surface area contributed by atoms with Gasteiger partial charge in [0.15, 0.2) is 0 Å². The molecule has 6 nitrogen and oxygen atoms in total. The third-order valence-corrected chi connectivity index (χ3v) is 6.95. The number of anilines is 1. The van der Waals surface area contributed by atoms with Gasteiger partial charge in [-0.1, -0.05) is 0 Å². The number of esters is 2. The van der Waals surface area contributed by atoms with Gasteiger partial charge in [-0.2, -0.15) is 0 Å². The van der Waals surface area contributed by atoms with Gasteiger partial charge in [-0.15, -0.1) is 11.6 Å². The standard InChI is InChI=1S/C21H24ClNO5/c1-27-17(24)14-4-15(18(25)28-2)6-16(5-14)23-19(26)20-7-12-3-13(8-20)10-21(22,9-12)11-20/h4-6,12-13H,3,7-11H2,1-2H3,(H,23,26). The number of amides is 1. The lowest BCUT2D eigenvalue weighted by atomic mass is 9.49. The van der Waals surface area contributed by atoms with E-state index in [9.17, 15) is 14.4 Å². The molecule has 0 radical (unpaired) electrons. The van der Waals surface area contributed by atoms with Crippen LogP contribution in [-0.4, -0.2) is 36.9 Å². The highest BCUT2D eigenvalue weighted by molar-refractivity contribution is 6.24. The Morgan fingerprint density at radius 1 is 0.964 bits per heavy atom. The molecule has 7 heteroatoms. The maximum absolute atomic E-state index is 13.3. The lowest BCUT2D eigenvalue weighted by Gasteiger charge is -2.59. The molecule has 4 saturated carbocycles. The van der Waals surface area contributed by atoms with Crippen molar-refractivity contribution in [3.05, 3.63) is 29.3 Å². The lowest BCUT2D eigenvalue weighted by Crippen LogP contribution is -2.57. The summed E-state index contributed by atoms with van der Waals surface area (Å²) in [4.78, 5) is 37.0. The van der Waals surface area contributed by atoms with E-state index in [1.807, 2.05) is 0 Å². The molecule has 5 rings (SSSR count). The molecule has 4 aliphatic rings. The van der Waals surface area contributed by atoms with Crippen molar-refractivity contribution in [3.8, 4) is 0 Å². The van der Waals surface area contributed by atoms with E-state index in [1.54, 1.807) is 0 Å². The molecule has 4 fully saturated rings. The van der Waals surface area contributed by atoms with E-state index >= 15 is 0 Å². The first-order valence-electron chi connectivity index (χ1n) is 9.58. The van der Waals surface area contributed by atoms with Gasteiger partial charge in [-0.3, -0.25) is 4.79 Å². The number of rotatable bonds is 4. The van der Waals surface area contributed by atoms with Gasteiger partial charge in [0, 0.05) is 10.6 Å². The van der Waals surface area contributed by atoms with Gasteiger partial charge in [0.1, 0.15) is 0 Å². The Labute approximate surface area is 168 Å². The number of hydrogen-bond donors (Lipinski definition) is 1. The molecule has 1 aromatic rings. The summed E-state index contributed by atoms with van der Waals surface area (Å²) in [6, 6.07) is 4.44. The van der Waals surface area contributed by atoms with Crippen LogP contribution in [0.2, 0.25) is 0 Å². The average molecular weight is 406 g/mol.